The molecule has 12 rings (SSSR count). The first-order valence-corrected chi connectivity index (χ1v) is 38.7. The van der Waals surface area contributed by atoms with E-state index in [0.717, 1.165) is 117 Å². The molecule has 0 aliphatic rings. The van der Waals surface area contributed by atoms with Crippen LogP contribution in [-0.4, -0.2) is 205 Å². The molecule has 0 radical (unpaired) electrons. The van der Waals surface area contributed by atoms with Crippen LogP contribution in [0.3, 0.4) is 0 Å². The number of hydrogen-bond donors (Lipinski definition) is 6. The molecule has 7 heterocycles. The van der Waals surface area contributed by atoms with Crippen molar-refractivity contribution in [1.29, 1.82) is 15.8 Å². The number of benzene rings is 5. The third-order valence-electron chi connectivity index (χ3n) is 20.1. The van der Waals surface area contributed by atoms with Crippen molar-refractivity contribution < 1.29 is 28.6 Å². The molecule has 0 spiro atoms. The number of nitrogens with one attached hydrogen (secondary N) is 6. The molecule has 624 valence electrons. The Morgan fingerprint density at radius 2 is 0.818 bits per heavy atom. The minimum absolute atomic E-state index is 0.302. The van der Waals surface area contributed by atoms with Gasteiger partial charge in [-0.3, -0.25) is 14.4 Å². The highest BCUT2D eigenvalue weighted by Crippen LogP contribution is 2.43. The Morgan fingerprint density at radius 1 is 0.455 bits per heavy atom. The van der Waals surface area contributed by atoms with Gasteiger partial charge in [0.2, 0.25) is 35.6 Å². The maximum atomic E-state index is 12.3. The summed E-state index contributed by atoms with van der Waals surface area (Å²) < 4.78 is 22.9. The number of aryl methyl sites for hydroxylation is 5. The largest absolute Gasteiger partial charge is 0.494 e. The number of halogens is 1. The lowest BCUT2D eigenvalue weighted by atomic mass is 10.0. The van der Waals surface area contributed by atoms with Crippen LogP contribution in [0.15, 0.2) is 154 Å². The van der Waals surface area contributed by atoms with Crippen LogP contribution in [-0.2, 0) is 35.5 Å². The maximum Gasteiger partial charge on any atom is 0.247 e. The Hall–Kier alpha value is -14.4. The van der Waals surface area contributed by atoms with E-state index in [1.54, 1.807) is 88.6 Å². The molecule has 5 aromatic carbocycles. The summed E-state index contributed by atoms with van der Waals surface area (Å²) in [6, 6.07) is 32.5. The fourth-order valence-electron chi connectivity index (χ4n) is 13.5. The Morgan fingerprint density at radius 3 is 1.20 bits per heavy atom. The Kier molecular flexibility index (Phi) is 29.2. The molecular formula is C89H100ClN25O6. The van der Waals surface area contributed by atoms with Crippen LogP contribution < -0.4 is 60.8 Å². The lowest BCUT2D eigenvalue weighted by Crippen LogP contribution is -2.29. The highest BCUT2D eigenvalue weighted by atomic mass is 35.5. The van der Waals surface area contributed by atoms with Crippen molar-refractivity contribution in [3.63, 3.8) is 0 Å². The minimum Gasteiger partial charge on any atom is -0.494 e. The average molecular weight is 1650 g/mol. The molecule has 0 aliphatic carbocycles. The van der Waals surface area contributed by atoms with Gasteiger partial charge < -0.3 is 89.2 Å². The normalized spacial score (nSPS) is 10.9. The maximum absolute atomic E-state index is 12.3. The lowest BCUT2D eigenvalue weighted by Gasteiger charge is -2.26. The van der Waals surface area contributed by atoms with E-state index in [2.05, 4.69) is 132 Å². The van der Waals surface area contributed by atoms with Gasteiger partial charge in [-0.15, -0.1) is 0 Å². The van der Waals surface area contributed by atoms with E-state index >= 15 is 0 Å². The Labute approximate surface area is 709 Å². The van der Waals surface area contributed by atoms with Crippen LogP contribution in [0.2, 0.25) is 5.02 Å². The van der Waals surface area contributed by atoms with Crippen molar-refractivity contribution in [2.45, 2.75) is 20.8 Å². The number of fused-ring (bicyclic) bond motifs is 3. The first kappa shape index (κ1) is 88.9. The van der Waals surface area contributed by atoms with E-state index in [1.165, 1.54) is 18.2 Å². The van der Waals surface area contributed by atoms with Crippen LogP contribution in [0.4, 0.5) is 69.0 Å². The number of aromatic nitrogens is 10. The molecule has 31 nitrogen and oxygen atoms in total. The first-order valence-electron chi connectivity index (χ1n) is 38.3. The van der Waals surface area contributed by atoms with Gasteiger partial charge in [-0.1, -0.05) is 31.3 Å². The predicted octanol–water partition coefficient (Wildman–Crippen LogP) is 14.1. The zero-order valence-electron chi connectivity index (χ0n) is 71.4. The van der Waals surface area contributed by atoms with Crippen molar-refractivity contribution in [2.24, 2.45) is 21.1 Å². The highest BCUT2D eigenvalue weighted by Gasteiger charge is 2.24. The standard InChI is InChI=1S/C31H36N8O2.C29H31ClN8O2.C29H33N9O2/c1-9-29(40)34-25-16-26(28(41-8)17-27(25)38(6)13-12-37(4)5)36-31-33-11-10-24(35-31)21-14-22(18-32)30-23(15-21)19(2)20(3)39(30)7;1-7-27(39)33-23-14-24(26(40-6)15-25(23)37(4)11-10-36(2)3)35-29-32-9-8-22(34-29)18-12-19(16-31)28-20(13-18)21(30)17-38(28)5;1-8-26(39)32-22-14-23(25(40-7)15-24(22)37(5)12-11-36(3)4)35-29-31-10-9-20(34-29)21-13-19(16-30)28-27(33-21)18(2)17-38(28)6/h9-11,14-17H,1,12-13H2,2-8H3,(H,34,40)(H,33,35,36);7-9,12-15,17H,1,10-11H2,2-6H3,(H,33,39)(H,32,34,35);8-10,13-15,17H,1,11-12H2,2-7H3,(H,32,39)(H,31,34,35). The third kappa shape index (κ3) is 20.9. The molecule has 6 N–H and O–H groups in total. The molecule has 0 atom stereocenters. The number of carbonyl (C=O) groups is 3. The number of hydrogen-bond acceptors (Lipinski definition) is 25. The molecule has 0 saturated heterocycles. The molecular weight excluding hydrogens is 1550 g/mol. The van der Waals surface area contributed by atoms with Gasteiger partial charge in [0.1, 0.15) is 35.5 Å². The number of anilines is 12. The number of ether oxygens (including phenoxy) is 3. The molecule has 7 aromatic heterocycles. The molecule has 121 heavy (non-hydrogen) atoms. The highest BCUT2D eigenvalue weighted by molar-refractivity contribution is 6.36. The van der Waals surface area contributed by atoms with E-state index in [-0.39, 0.29) is 17.7 Å². The summed E-state index contributed by atoms with van der Waals surface area (Å²) in [4.78, 5) is 81.3. The SMILES string of the molecule is C=CC(=O)Nc1cc(Nc2nccc(-c3cc(C#N)c4c(c3)c(C)c(C)n4C)n2)c(OC)cc1N(C)CCN(C)C.C=CC(=O)Nc1cc(Nc2nccc(-c3cc(C#N)c4c(c3)c(Cl)cn4C)n2)c(OC)cc1N(C)CCN(C)C.C=CC(=O)Nc1cc(Nc2nccc(-c3cc(C#N)c4c(n3)c(C)cn4C)n2)c(OC)cc1N(C)CCN(C)C. The van der Waals surface area contributed by atoms with Crippen LogP contribution >= 0.6 is 11.6 Å². The number of methoxy groups -OCH3 is 3. The van der Waals surface area contributed by atoms with Gasteiger partial charge in [0, 0.05) is 158 Å². The zero-order chi connectivity index (χ0) is 87.8. The fraction of sp³-hybridized carbons (Fsp3) is 0.270. The van der Waals surface area contributed by atoms with E-state index in [4.69, 9.17) is 35.8 Å². The van der Waals surface area contributed by atoms with Crippen molar-refractivity contribution in [3.8, 4) is 69.4 Å². The van der Waals surface area contributed by atoms with Gasteiger partial charge in [-0.25, -0.2) is 34.9 Å². The van der Waals surface area contributed by atoms with Crippen LogP contribution in [0.25, 0.3) is 66.7 Å². The number of nitrogens with zero attached hydrogens (tertiary/aromatic N) is 19. The number of carbonyl (C=O) groups excluding carboxylic acids is 3. The minimum atomic E-state index is -0.333. The Balaban J connectivity index is 0.000000190. The number of pyridine rings is 1. The molecule has 3 amide bonds. The summed E-state index contributed by atoms with van der Waals surface area (Å²) in [5.74, 6) is 1.62. The summed E-state index contributed by atoms with van der Waals surface area (Å²) >= 11 is 6.44. The van der Waals surface area contributed by atoms with Crippen molar-refractivity contribution in [3.05, 3.63) is 192 Å². The van der Waals surface area contributed by atoms with Crippen LogP contribution in [0, 0.1) is 54.8 Å². The van der Waals surface area contributed by atoms with E-state index < -0.39 is 0 Å². The topological polar surface area (TPSA) is 347 Å². The van der Waals surface area contributed by atoms with Gasteiger partial charge in [0.05, 0.1) is 139 Å². The second-order valence-electron chi connectivity index (χ2n) is 29.3. The second-order valence-corrected chi connectivity index (χ2v) is 29.8. The predicted molar refractivity (Wildman–Crippen MR) is 484 cm³/mol. The van der Waals surface area contributed by atoms with Crippen LogP contribution in [0.5, 0.6) is 17.2 Å². The zero-order valence-corrected chi connectivity index (χ0v) is 72.1. The van der Waals surface area contributed by atoms with Crippen LogP contribution in [0.1, 0.15) is 33.5 Å². The van der Waals surface area contributed by atoms with Gasteiger partial charge in [0.25, 0.3) is 0 Å². The monoisotopic (exact) mass is 1650 g/mol. The van der Waals surface area contributed by atoms with Crippen molar-refractivity contribution in [1.82, 2.24) is 63.3 Å². The summed E-state index contributed by atoms with van der Waals surface area (Å²) in [5.41, 5.74) is 17.8. The van der Waals surface area contributed by atoms with Gasteiger partial charge in [-0.2, -0.15) is 15.8 Å². The average Bonchev–Trinajstić information content (AvgIpc) is 1.62. The van der Waals surface area contributed by atoms with Crippen molar-refractivity contribution >= 4 is 131 Å². The summed E-state index contributed by atoms with van der Waals surface area (Å²) in [7, 11) is 28.4. The quantitative estimate of drug-likeness (QED) is 0.0228. The van der Waals surface area contributed by atoms with Gasteiger partial charge in [-0.05, 0) is 159 Å². The summed E-state index contributed by atoms with van der Waals surface area (Å²) in [6.45, 7) is 21.5. The molecule has 0 unspecified atom stereocenters. The van der Waals surface area contributed by atoms with E-state index in [9.17, 15) is 30.2 Å². The fourth-order valence-corrected chi connectivity index (χ4v) is 13.8. The molecule has 0 bridgehead atoms. The molecule has 0 saturated carbocycles. The third-order valence-corrected chi connectivity index (χ3v) is 20.4. The van der Waals surface area contributed by atoms with Gasteiger partial charge in [0.15, 0.2) is 0 Å². The number of nitriles is 3. The summed E-state index contributed by atoms with van der Waals surface area (Å²) in [6.07, 6.45) is 12.3. The van der Waals surface area contributed by atoms with E-state index in [0.29, 0.717) is 114 Å². The molecule has 0 fully saturated rings. The molecule has 32 heteroatoms. The Bertz CT molecular complexity index is 5820. The molecule has 12 aromatic rings. The lowest BCUT2D eigenvalue weighted by molar-refractivity contribution is -0.112. The first-order chi connectivity index (χ1) is 57.9. The number of likely N-dealkylation sites (N-methyl/N-ethyl adjacent to an activating group) is 6. The molecule has 0 aliphatic heterocycles. The number of amides is 3. The summed E-state index contributed by atoms with van der Waals surface area (Å²) in [5, 5.41) is 50.2. The van der Waals surface area contributed by atoms with Gasteiger partial charge >= 0.3 is 0 Å². The smallest absolute Gasteiger partial charge is 0.247 e. The van der Waals surface area contributed by atoms with Crippen molar-refractivity contribution in [2.75, 3.05) is 171 Å². The second kappa shape index (κ2) is 39.7. The van der Waals surface area contributed by atoms with E-state index in [1.807, 2.05) is 160 Å². The number of rotatable bonds is 30.